The largest absolute Gasteiger partial charge is 0.463 e. The summed E-state index contributed by atoms with van der Waals surface area (Å²) in [6.45, 7) is 5.74. The molecule has 2 rings (SSSR count). The molecule has 18 heteroatoms. The van der Waals surface area contributed by atoms with Crippen LogP contribution in [0.3, 0.4) is 0 Å². The zero-order chi connectivity index (χ0) is 32.6. The van der Waals surface area contributed by atoms with Crippen LogP contribution in [0.25, 0.3) is 0 Å². The summed E-state index contributed by atoms with van der Waals surface area (Å²) < 4.78 is 54.6. The third kappa shape index (κ3) is 10.1. The van der Waals surface area contributed by atoms with Crippen LogP contribution in [0.4, 0.5) is 0 Å². The highest BCUT2D eigenvalue weighted by Crippen LogP contribution is 2.35. The van der Waals surface area contributed by atoms with Crippen molar-refractivity contribution in [1.82, 2.24) is 0 Å². The van der Waals surface area contributed by atoms with Crippen molar-refractivity contribution in [2.75, 3.05) is 13.7 Å². The van der Waals surface area contributed by atoms with Crippen molar-refractivity contribution in [3.05, 3.63) is 0 Å². The van der Waals surface area contributed by atoms with Crippen LogP contribution in [0.2, 0.25) is 0 Å². The molecule has 0 aliphatic carbocycles. The van der Waals surface area contributed by atoms with Crippen LogP contribution in [0.1, 0.15) is 41.5 Å². The molecule has 0 saturated carbocycles. The van der Waals surface area contributed by atoms with Crippen LogP contribution in [-0.4, -0.2) is 116 Å². The number of esters is 6. The Morgan fingerprint density at radius 1 is 0.558 bits per heavy atom. The molecule has 2 fully saturated rings. The first-order chi connectivity index (χ1) is 20.0. The van der Waals surface area contributed by atoms with E-state index in [9.17, 15) is 33.6 Å². The number of carbonyl (C=O) groups is 7. The van der Waals surface area contributed by atoms with Gasteiger partial charge in [0, 0.05) is 48.7 Å². The van der Waals surface area contributed by atoms with E-state index in [1.165, 1.54) is 7.11 Å². The van der Waals surface area contributed by atoms with E-state index in [1.54, 1.807) is 0 Å². The number of hydrogen-bond acceptors (Lipinski definition) is 17. The molecule has 0 aromatic heterocycles. The lowest BCUT2D eigenvalue weighted by Crippen LogP contribution is -2.67. The zero-order valence-electron chi connectivity index (χ0n) is 24.4. The van der Waals surface area contributed by atoms with E-state index < -0.39 is 109 Å². The molecule has 17 nitrogen and oxygen atoms in total. The third-order valence-electron chi connectivity index (χ3n) is 5.81. The maximum Gasteiger partial charge on any atom is 0.303 e. The normalized spacial score (nSPS) is 32.0. The van der Waals surface area contributed by atoms with E-state index in [0.29, 0.717) is 0 Å². The Morgan fingerprint density at radius 2 is 0.977 bits per heavy atom. The van der Waals surface area contributed by atoms with Gasteiger partial charge in [0.25, 0.3) is 0 Å². The van der Waals surface area contributed by atoms with Gasteiger partial charge >= 0.3 is 35.8 Å². The summed E-state index contributed by atoms with van der Waals surface area (Å²) in [7, 11) is 1.21. The van der Waals surface area contributed by atoms with Crippen molar-refractivity contribution in [3.8, 4) is 0 Å². The van der Waals surface area contributed by atoms with Crippen molar-refractivity contribution >= 4 is 53.6 Å². The maximum absolute atomic E-state index is 12.5. The van der Waals surface area contributed by atoms with Crippen LogP contribution in [0, 0.1) is 0 Å². The predicted octanol–water partition coefficient (Wildman–Crippen LogP) is -0.854. The summed E-state index contributed by atoms with van der Waals surface area (Å²) in [4.78, 5) is 84.4. The molecule has 242 valence electrons. The van der Waals surface area contributed by atoms with Gasteiger partial charge in [-0.2, -0.15) is 0 Å². The number of rotatable bonds is 11. The van der Waals surface area contributed by atoms with Gasteiger partial charge in [-0.3, -0.25) is 33.6 Å². The Morgan fingerprint density at radius 3 is 1.40 bits per heavy atom. The van der Waals surface area contributed by atoms with Crippen LogP contribution < -0.4 is 0 Å². The standard InChI is InChI=1S/C25H34O17S/c1-9(26)34-8-15-16(17(35-10(2)27)21(38-13(5)30)24(33-7)40-15)41-25-22(39-14(6)31)19(37-12(4)29)18(36-11(3)28)20(42-25)23(32)43/h15-22,24-25H,8H2,1-7H3,(H,32,43)/t15-,16-,17+,18-,19+,20+,21-,22-,24-,25-/m1/s1. The van der Waals surface area contributed by atoms with Crippen molar-refractivity contribution in [2.45, 2.75) is 103 Å². The van der Waals surface area contributed by atoms with Crippen LogP contribution >= 0.6 is 12.6 Å². The van der Waals surface area contributed by atoms with Gasteiger partial charge in [0.2, 0.25) is 5.12 Å². The molecule has 2 saturated heterocycles. The van der Waals surface area contributed by atoms with Gasteiger partial charge in [0.05, 0.1) is 0 Å². The first-order valence-corrected chi connectivity index (χ1v) is 13.2. The molecule has 0 bridgehead atoms. The lowest BCUT2D eigenvalue weighted by molar-refractivity contribution is -0.354. The molecule has 0 aromatic rings. The maximum atomic E-state index is 12.5. The molecule has 0 N–H and O–H groups in total. The highest BCUT2D eigenvalue weighted by molar-refractivity contribution is 7.96. The number of thiol groups is 1. The van der Waals surface area contributed by atoms with Crippen molar-refractivity contribution in [2.24, 2.45) is 0 Å². The highest BCUT2D eigenvalue weighted by atomic mass is 32.1. The van der Waals surface area contributed by atoms with Crippen molar-refractivity contribution < 1.29 is 80.9 Å². The summed E-state index contributed by atoms with van der Waals surface area (Å²) in [5, 5.41) is -0.997. The lowest BCUT2D eigenvalue weighted by atomic mass is 9.96. The summed E-state index contributed by atoms with van der Waals surface area (Å²) in [5.74, 6) is -5.17. The monoisotopic (exact) mass is 638 g/mol. The lowest BCUT2D eigenvalue weighted by Gasteiger charge is -2.48. The van der Waals surface area contributed by atoms with Gasteiger partial charge in [0.1, 0.15) is 18.8 Å². The molecule has 2 aliphatic rings. The second-order valence-electron chi connectivity index (χ2n) is 9.32. The first kappa shape index (κ1) is 35.9. The van der Waals surface area contributed by atoms with E-state index in [-0.39, 0.29) is 0 Å². The topological polar surface area (TPSA) is 212 Å². The van der Waals surface area contributed by atoms with Gasteiger partial charge in [-0.25, -0.2) is 0 Å². The molecular weight excluding hydrogens is 604 g/mol. The Hall–Kier alpha value is -3.32. The third-order valence-corrected chi connectivity index (χ3v) is 6.07. The minimum Gasteiger partial charge on any atom is -0.463 e. The minimum absolute atomic E-state index is 0.520. The number of hydrogen-bond donors (Lipinski definition) is 1. The van der Waals surface area contributed by atoms with Gasteiger partial charge in [-0.1, -0.05) is 0 Å². The molecule has 2 aliphatic heterocycles. The Balaban J connectivity index is 2.68. The predicted molar refractivity (Wildman–Crippen MR) is 138 cm³/mol. The van der Waals surface area contributed by atoms with Gasteiger partial charge in [-0.15, -0.1) is 12.6 Å². The average molecular weight is 639 g/mol. The van der Waals surface area contributed by atoms with E-state index >= 15 is 0 Å². The molecule has 0 amide bonds. The fourth-order valence-corrected chi connectivity index (χ4v) is 4.65. The Labute approximate surface area is 251 Å². The first-order valence-electron chi connectivity index (χ1n) is 12.8. The summed E-state index contributed by atoms with van der Waals surface area (Å²) in [6, 6.07) is 0. The van der Waals surface area contributed by atoms with E-state index in [0.717, 1.165) is 41.5 Å². The summed E-state index contributed by atoms with van der Waals surface area (Å²) >= 11 is 3.79. The minimum atomic E-state index is -1.84. The van der Waals surface area contributed by atoms with Gasteiger partial charge in [-0.05, 0) is 0 Å². The van der Waals surface area contributed by atoms with E-state index in [4.69, 9.17) is 47.4 Å². The summed E-state index contributed by atoms with van der Waals surface area (Å²) in [5.41, 5.74) is 0. The molecule has 2 heterocycles. The molecule has 0 radical (unpaired) electrons. The molecule has 43 heavy (non-hydrogen) atoms. The fourth-order valence-electron chi connectivity index (χ4n) is 4.45. The van der Waals surface area contributed by atoms with Gasteiger partial charge < -0.3 is 47.4 Å². The number of carbonyl (C=O) groups excluding carboxylic acids is 7. The summed E-state index contributed by atoms with van der Waals surface area (Å²) in [6.07, 6.45) is -15.9. The van der Waals surface area contributed by atoms with Crippen molar-refractivity contribution in [1.29, 1.82) is 0 Å². The Kier molecular flexibility index (Phi) is 13.3. The second-order valence-corrected chi connectivity index (χ2v) is 9.76. The number of ether oxygens (including phenoxy) is 10. The molecule has 0 aromatic carbocycles. The molecular formula is C25H34O17S. The molecule has 10 atom stereocenters. The molecule has 0 spiro atoms. The average Bonchev–Trinajstić information content (AvgIpc) is 2.86. The van der Waals surface area contributed by atoms with Crippen molar-refractivity contribution in [3.63, 3.8) is 0 Å². The SMILES string of the molecule is CO[C@@H]1O[C@H](COC(C)=O)[C@@H](O[C@@H]2O[C@H](C(=O)S)[C@H](OC(C)=O)[C@H](OC(C)=O)[C@H]2OC(C)=O)[C@H](OC(C)=O)[C@H]1OC(C)=O. The van der Waals surface area contributed by atoms with Crippen LogP contribution in [-0.2, 0) is 80.9 Å². The number of methoxy groups -OCH3 is 1. The quantitative estimate of drug-likeness (QED) is 0.166. The van der Waals surface area contributed by atoms with E-state index in [2.05, 4.69) is 12.6 Å². The van der Waals surface area contributed by atoms with Gasteiger partial charge in [0.15, 0.2) is 49.2 Å². The fraction of sp³-hybridized carbons (Fsp3) is 0.720. The second kappa shape index (κ2) is 15.9. The van der Waals surface area contributed by atoms with Crippen LogP contribution in [0.15, 0.2) is 0 Å². The smallest absolute Gasteiger partial charge is 0.303 e. The highest BCUT2D eigenvalue weighted by Gasteiger charge is 2.58. The zero-order valence-corrected chi connectivity index (χ0v) is 25.3. The molecule has 0 unspecified atom stereocenters. The van der Waals surface area contributed by atoms with E-state index in [1.807, 2.05) is 0 Å². The Bertz CT molecular complexity index is 1080. The van der Waals surface area contributed by atoms with Crippen LogP contribution in [0.5, 0.6) is 0 Å².